The summed E-state index contributed by atoms with van der Waals surface area (Å²) in [7, 11) is 1.62. The minimum atomic E-state index is -0.278. The lowest BCUT2D eigenvalue weighted by Crippen LogP contribution is -2.24. The fourth-order valence-electron chi connectivity index (χ4n) is 2.56. The highest BCUT2D eigenvalue weighted by Gasteiger charge is 2.10. The van der Waals surface area contributed by atoms with Crippen LogP contribution in [0.25, 0.3) is 0 Å². The Morgan fingerprint density at radius 3 is 2.61 bits per heavy atom. The average molecular weight is 378 g/mol. The maximum absolute atomic E-state index is 12.4. The van der Waals surface area contributed by atoms with E-state index in [1.807, 2.05) is 55.5 Å². The zero-order valence-corrected chi connectivity index (χ0v) is 15.8. The van der Waals surface area contributed by atoms with Gasteiger partial charge < -0.3 is 20.1 Å². The van der Waals surface area contributed by atoms with Crippen molar-refractivity contribution < 1.29 is 14.3 Å². The Labute approximate surface area is 163 Å². The molecule has 0 saturated carbocycles. The van der Waals surface area contributed by atoms with E-state index >= 15 is 0 Å². The molecule has 3 aromatic rings. The van der Waals surface area contributed by atoms with Gasteiger partial charge in [0.05, 0.1) is 19.4 Å². The lowest BCUT2D eigenvalue weighted by atomic mass is 10.2. The summed E-state index contributed by atoms with van der Waals surface area (Å²) in [5.41, 5.74) is 2.01. The van der Waals surface area contributed by atoms with E-state index in [1.165, 1.54) is 6.33 Å². The predicted octanol–water partition coefficient (Wildman–Crippen LogP) is 3.56. The molecular formula is C21H22N4O3. The number of hydrogen-bond donors (Lipinski definition) is 2. The molecule has 2 aromatic carbocycles. The van der Waals surface area contributed by atoms with Gasteiger partial charge in [0, 0.05) is 12.6 Å². The molecule has 144 valence electrons. The quantitative estimate of drug-likeness (QED) is 0.623. The molecular weight excluding hydrogens is 356 g/mol. The number of ether oxygens (including phenoxy) is 2. The van der Waals surface area contributed by atoms with Crippen LogP contribution in [0.3, 0.4) is 0 Å². The highest BCUT2D eigenvalue weighted by Crippen LogP contribution is 2.26. The van der Waals surface area contributed by atoms with E-state index in [4.69, 9.17) is 9.47 Å². The zero-order chi connectivity index (χ0) is 19.8. The first-order valence-electron chi connectivity index (χ1n) is 8.91. The number of anilines is 2. The standard InChI is InChI=1S/C21H22N4O3/c1-3-28-19-7-5-4-6-17(19)25-20-12-18(23-14-24-20)21(26)22-13-15-8-10-16(27-2)11-9-15/h4-12,14H,3,13H2,1-2H3,(H,22,26)(H,23,24,25). The number of carbonyl (C=O) groups is 1. The van der Waals surface area contributed by atoms with Crippen LogP contribution < -0.4 is 20.1 Å². The van der Waals surface area contributed by atoms with Crippen molar-refractivity contribution in [1.82, 2.24) is 15.3 Å². The van der Waals surface area contributed by atoms with Gasteiger partial charge in [-0.25, -0.2) is 9.97 Å². The second kappa shape index (κ2) is 9.36. The minimum absolute atomic E-state index is 0.278. The molecule has 1 amide bonds. The molecule has 0 spiro atoms. The number of nitrogens with one attached hydrogen (secondary N) is 2. The highest BCUT2D eigenvalue weighted by molar-refractivity contribution is 5.93. The van der Waals surface area contributed by atoms with Gasteiger partial charge in [-0.1, -0.05) is 24.3 Å². The molecule has 0 fully saturated rings. The molecule has 2 N–H and O–H groups in total. The molecule has 1 heterocycles. The largest absolute Gasteiger partial charge is 0.497 e. The summed E-state index contributed by atoms with van der Waals surface area (Å²) in [5.74, 6) is 1.72. The van der Waals surface area contributed by atoms with E-state index in [-0.39, 0.29) is 11.6 Å². The van der Waals surface area contributed by atoms with Crippen molar-refractivity contribution in [2.75, 3.05) is 19.0 Å². The molecule has 0 bridgehead atoms. The molecule has 28 heavy (non-hydrogen) atoms. The molecule has 0 aliphatic heterocycles. The second-order valence-corrected chi connectivity index (χ2v) is 5.87. The van der Waals surface area contributed by atoms with E-state index in [9.17, 15) is 4.79 Å². The molecule has 0 saturated heterocycles. The number of rotatable bonds is 8. The first-order valence-corrected chi connectivity index (χ1v) is 8.91. The van der Waals surface area contributed by atoms with Crippen molar-refractivity contribution >= 4 is 17.4 Å². The van der Waals surface area contributed by atoms with Gasteiger partial charge >= 0.3 is 0 Å². The molecule has 0 atom stereocenters. The molecule has 3 rings (SSSR count). The normalized spacial score (nSPS) is 10.2. The SMILES string of the molecule is CCOc1ccccc1Nc1cc(C(=O)NCc2ccc(OC)cc2)ncn1. The van der Waals surface area contributed by atoms with E-state index in [2.05, 4.69) is 20.6 Å². The van der Waals surface area contributed by atoms with Gasteiger partial charge in [0.15, 0.2) is 0 Å². The topological polar surface area (TPSA) is 85.4 Å². The fraction of sp³-hybridized carbons (Fsp3) is 0.190. The Hall–Kier alpha value is -3.61. The third-order valence-electron chi connectivity index (χ3n) is 3.96. The summed E-state index contributed by atoms with van der Waals surface area (Å²) in [5, 5.41) is 6.02. The molecule has 0 radical (unpaired) electrons. The highest BCUT2D eigenvalue weighted by atomic mass is 16.5. The number of hydrogen-bond acceptors (Lipinski definition) is 6. The first kappa shape index (κ1) is 19.2. The van der Waals surface area contributed by atoms with Gasteiger partial charge in [-0.15, -0.1) is 0 Å². The Bertz CT molecular complexity index is 929. The second-order valence-electron chi connectivity index (χ2n) is 5.87. The maximum atomic E-state index is 12.4. The zero-order valence-electron chi connectivity index (χ0n) is 15.8. The molecule has 1 aromatic heterocycles. The number of nitrogens with zero attached hydrogens (tertiary/aromatic N) is 2. The monoisotopic (exact) mass is 378 g/mol. The smallest absolute Gasteiger partial charge is 0.270 e. The van der Waals surface area contributed by atoms with Crippen LogP contribution in [0.1, 0.15) is 23.0 Å². The Kier molecular flexibility index (Phi) is 6.41. The van der Waals surface area contributed by atoms with Crippen LogP contribution in [0, 0.1) is 0 Å². The molecule has 7 heteroatoms. The van der Waals surface area contributed by atoms with E-state index in [0.29, 0.717) is 24.7 Å². The van der Waals surface area contributed by atoms with Crippen molar-refractivity contribution in [2.45, 2.75) is 13.5 Å². The van der Waals surface area contributed by atoms with Gasteiger partial charge in [-0.2, -0.15) is 0 Å². The van der Waals surface area contributed by atoms with Crippen molar-refractivity contribution in [3.05, 3.63) is 72.2 Å². The Morgan fingerprint density at radius 1 is 1.07 bits per heavy atom. The summed E-state index contributed by atoms with van der Waals surface area (Å²) >= 11 is 0. The van der Waals surface area contributed by atoms with Crippen LogP contribution in [0.4, 0.5) is 11.5 Å². The van der Waals surface area contributed by atoms with Gasteiger partial charge in [0.2, 0.25) is 0 Å². The van der Waals surface area contributed by atoms with Crippen LogP contribution in [-0.2, 0) is 6.54 Å². The van der Waals surface area contributed by atoms with Crippen molar-refractivity contribution in [3.8, 4) is 11.5 Å². The third-order valence-corrected chi connectivity index (χ3v) is 3.96. The first-order chi connectivity index (χ1) is 13.7. The number of para-hydroxylation sites is 2. The molecule has 0 unspecified atom stereocenters. The number of benzene rings is 2. The average Bonchev–Trinajstić information content (AvgIpc) is 2.74. The summed E-state index contributed by atoms with van der Waals surface area (Å²) in [4.78, 5) is 20.7. The predicted molar refractivity (Wildman–Crippen MR) is 107 cm³/mol. The fourth-order valence-corrected chi connectivity index (χ4v) is 2.56. The number of amides is 1. The van der Waals surface area contributed by atoms with E-state index in [0.717, 1.165) is 17.0 Å². The number of methoxy groups -OCH3 is 1. The van der Waals surface area contributed by atoms with Gasteiger partial charge in [0.25, 0.3) is 5.91 Å². The van der Waals surface area contributed by atoms with Crippen LogP contribution >= 0.6 is 0 Å². The van der Waals surface area contributed by atoms with Crippen LogP contribution in [0.2, 0.25) is 0 Å². The lowest BCUT2D eigenvalue weighted by molar-refractivity contribution is 0.0946. The maximum Gasteiger partial charge on any atom is 0.270 e. The van der Waals surface area contributed by atoms with Crippen molar-refractivity contribution in [3.63, 3.8) is 0 Å². The third kappa shape index (κ3) is 4.97. The van der Waals surface area contributed by atoms with E-state index < -0.39 is 0 Å². The lowest BCUT2D eigenvalue weighted by Gasteiger charge is -2.12. The summed E-state index contributed by atoms with van der Waals surface area (Å²) < 4.78 is 10.7. The van der Waals surface area contributed by atoms with Crippen LogP contribution in [0.5, 0.6) is 11.5 Å². The molecule has 7 nitrogen and oxygen atoms in total. The van der Waals surface area contributed by atoms with Gasteiger partial charge in [-0.05, 0) is 36.8 Å². The van der Waals surface area contributed by atoms with Gasteiger partial charge in [-0.3, -0.25) is 4.79 Å². The van der Waals surface area contributed by atoms with Crippen molar-refractivity contribution in [1.29, 1.82) is 0 Å². The van der Waals surface area contributed by atoms with Crippen LogP contribution in [-0.4, -0.2) is 29.6 Å². The molecule has 0 aliphatic carbocycles. The summed E-state index contributed by atoms with van der Waals surface area (Å²) in [6.07, 6.45) is 1.36. The van der Waals surface area contributed by atoms with E-state index in [1.54, 1.807) is 13.2 Å². The minimum Gasteiger partial charge on any atom is -0.497 e. The van der Waals surface area contributed by atoms with Crippen LogP contribution in [0.15, 0.2) is 60.9 Å². The number of carbonyl (C=O) groups excluding carboxylic acids is 1. The van der Waals surface area contributed by atoms with Gasteiger partial charge in [0.1, 0.15) is 29.3 Å². The Balaban J connectivity index is 1.66. The number of aromatic nitrogens is 2. The summed E-state index contributed by atoms with van der Waals surface area (Å²) in [6, 6.07) is 16.7. The van der Waals surface area contributed by atoms with Crippen molar-refractivity contribution in [2.24, 2.45) is 0 Å². The molecule has 0 aliphatic rings. The summed E-state index contributed by atoms with van der Waals surface area (Å²) in [6.45, 7) is 2.87. The Morgan fingerprint density at radius 2 is 1.86 bits per heavy atom.